The first-order valence-corrected chi connectivity index (χ1v) is 8.07. The molecule has 4 rings (SSSR count). The van der Waals surface area contributed by atoms with Crippen molar-refractivity contribution in [3.05, 3.63) is 96.1 Å². The van der Waals surface area contributed by atoms with Crippen molar-refractivity contribution >= 4 is 10.8 Å². The van der Waals surface area contributed by atoms with E-state index in [1.807, 2.05) is 66.7 Å². The molecule has 124 valence electrons. The van der Waals surface area contributed by atoms with Gasteiger partial charge in [-0.3, -0.25) is 0 Å². The summed E-state index contributed by atoms with van der Waals surface area (Å²) in [7, 11) is 1.65. The summed E-state index contributed by atoms with van der Waals surface area (Å²) in [6.07, 6.45) is 3.31. The number of H-pyrrole nitrogens is 1. The maximum Gasteiger partial charge on any atom is 0.158 e. The molecule has 1 aromatic heterocycles. The predicted octanol–water partition coefficient (Wildman–Crippen LogP) is 3.86. The van der Waals surface area contributed by atoms with Gasteiger partial charge in [-0.1, -0.05) is 48.5 Å². The Morgan fingerprint density at radius 3 is 2.40 bits per heavy atom. The van der Waals surface area contributed by atoms with Crippen LogP contribution in [0.15, 0.2) is 79.3 Å². The zero-order valence-corrected chi connectivity index (χ0v) is 13.8. The average Bonchev–Trinajstić information content (AvgIpc) is 3.22. The van der Waals surface area contributed by atoms with Gasteiger partial charge in [0.25, 0.3) is 0 Å². The van der Waals surface area contributed by atoms with Crippen molar-refractivity contribution in [3.8, 4) is 5.75 Å². The Morgan fingerprint density at radius 2 is 1.68 bits per heavy atom. The van der Waals surface area contributed by atoms with Crippen LogP contribution < -0.4 is 4.74 Å². The largest absolute Gasteiger partial charge is 0.497 e. The average molecular weight is 330 g/mol. The Kier molecular flexibility index (Phi) is 3.75. The first-order chi connectivity index (χ1) is 12.2. The van der Waals surface area contributed by atoms with Gasteiger partial charge in [0.05, 0.1) is 19.1 Å². The number of ether oxygens (including phenoxy) is 1. The summed E-state index contributed by atoms with van der Waals surface area (Å²) in [6.45, 7) is 0. The fourth-order valence-electron chi connectivity index (χ4n) is 3.18. The van der Waals surface area contributed by atoms with Crippen molar-refractivity contribution in [2.75, 3.05) is 7.11 Å². The third kappa shape index (κ3) is 2.57. The van der Waals surface area contributed by atoms with Crippen LogP contribution in [0.2, 0.25) is 0 Å². The van der Waals surface area contributed by atoms with E-state index in [2.05, 4.69) is 9.97 Å². The second kappa shape index (κ2) is 6.07. The summed E-state index contributed by atoms with van der Waals surface area (Å²) in [5.41, 5.74) is 0.778. The van der Waals surface area contributed by atoms with E-state index in [1.54, 1.807) is 19.6 Å². The molecular weight excluding hydrogens is 312 g/mol. The molecule has 0 aliphatic rings. The third-order valence-corrected chi connectivity index (χ3v) is 4.53. The molecule has 1 unspecified atom stereocenters. The van der Waals surface area contributed by atoms with E-state index >= 15 is 0 Å². The molecule has 1 atom stereocenters. The van der Waals surface area contributed by atoms with Crippen LogP contribution in [0.3, 0.4) is 0 Å². The molecule has 0 fully saturated rings. The number of nitrogens with one attached hydrogen (secondary N) is 1. The number of aromatic nitrogens is 2. The number of aliphatic hydroxyl groups is 1. The number of hydrogen-bond donors (Lipinski definition) is 2. The molecule has 0 spiro atoms. The zero-order valence-electron chi connectivity index (χ0n) is 13.8. The molecule has 0 amide bonds. The molecule has 3 aromatic carbocycles. The van der Waals surface area contributed by atoms with Gasteiger partial charge in [0, 0.05) is 6.20 Å². The van der Waals surface area contributed by atoms with Gasteiger partial charge in [-0.2, -0.15) is 0 Å². The number of aromatic amines is 1. The highest BCUT2D eigenvalue weighted by Gasteiger charge is 2.35. The summed E-state index contributed by atoms with van der Waals surface area (Å²) in [5, 5.41) is 13.8. The first kappa shape index (κ1) is 15.4. The van der Waals surface area contributed by atoms with Gasteiger partial charge in [-0.05, 0) is 40.1 Å². The van der Waals surface area contributed by atoms with Crippen molar-refractivity contribution in [1.82, 2.24) is 9.97 Å². The van der Waals surface area contributed by atoms with Crippen molar-refractivity contribution in [3.63, 3.8) is 0 Å². The molecular formula is C21H18N2O2. The maximum absolute atomic E-state index is 11.7. The summed E-state index contributed by atoms with van der Waals surface area (Å²) >= 11 is 0. The molecule has 1 heterocycles. The highest BCUT2D eigenvalue weighted by atomic mass is 16.5. The third-order valence-electron chi connectivity index (χ3n) is 4.53. The zero-order chi connectivity index (χ0) is 17.3. The Bertz CT molecular complexity index is 997. The molecule has 4 aromatic rings. The van der Waals surface area contributed by atoms with Gasteiger partial charge in [-0.25, -0.2) is 4.98 Å². The molecule has 0 saturated heterocycles. The minimum absolute atomic E-state index is 0.562. The summed E-state index contributed by atoms with van der Waals surface area (Å²) in [5.74, 6) is 0.811. The predicted molar refractivity (Wildman–Crippen MR) is 97.6 cm³/mol. The van der Waals surface area contributed by atoms with Crippen molar-refractivity contribution in [1.29, 1.82) is 0 Å². The number of fused-ring (bicyclic) bond motifs is 1. The lowest BCUT2D eigenvalue weighted by atomic mass is 9.83. The van der Waals surface area contributed by atoms with Crippen LogP contribution in [0.25, 0.3) is 10.8 Å². The van der Waals surface area contributed by atoms with Crippen molar-refractivity contribution in [2.24, 2.45) is 0 Å². The Hall–Kier alpha value is -3.11. The van der Waals surface area contributed by atoms with Gasteiger partial charge < -0.3 is 14.8 Å². The van der Waals surface area contributed by atoms with Crippen molar-refractivity contribution in [2.45, 2.75) is 5.60 Å². The monoisotopic (exact) mass is 330 g/mol. The van der Waals surface area contributed by atoms with E-state index in [0.29, 0.717) is 5.69 Å². The van der Waals surface area contributed by atoms with Gasteiger partial charge >= 0.3 is 0 Å². The number of imidazole rings is 1. The van der Waals surface area contributed by atoms with E-state index in [0.717, 1.165) is 27.6 Å². The lowest BCUT2D eigenvalue weighted by Gasteiger charge is -2.28. The molecule has 2 N–H and O–H groups in total. The van der Waals surface area contributed by atoms with Crippen LogP contribution in [-0.2, 0) is 5.60 Å². The highest BCUT2D eigenvalue weighted by Crippen LogP contribution is 2.37. The number of nitrogens with zero attached hydrogens (tertiary/aromatic N) is 1. The van der Waals surface area contributed by atoms with Gasteiger partial charge in [0.2, 0.25) is 0 Å². The van der Waals surface area contributed by atoms with Gasteiger partial charge in [0.1, 0.15) is 5.75 Å². The number of methoxy groups -OCH3 is 1. The molecule has 4 heteroatoms. The molecule has 25 heavy (non-hydrogen) atoms. The van der Waals surface area contributed by atoms with E-state index in [-0.39, 0.29) is 0 Å². The SMILES string of the molecule is COc1ccc2cc(C(O)(c3ccccc3)c3c[nH]cn3)ccc2c1. The fourth-order valence-corrected chi connectivity index (χ4v) is 3.18. The molecule has 0 aliphatic carbocycles. The van der Waals surface area contributed by atoms with Crippen LogP contribution in [0, 0.1) is 0 Å². The Morgan fingerprint density at radius 1 is 0.920 bits per heavy atom. The minimum Gasteiger partial charge on any atom is -0.497 e. The number of hydrogen-bond acceptors (Lipinski definition) is 3. The first-order valence-electron chi connectivity index (χ1n) is 8.07. The van der Waals surface area contributed by atoms with Gasteiger partial charge in [0.15, 0.2) is 5.60 Å². The smallest absolute Gasteiger partial charge is 0.158 e. The number of benzene rings is 3. The van der Waals surface area contributed by atoms with E-state index in [9.17, 15) is 5.11 Å². The van der Waals surface area contributed by atoms with Crippen LogP contribution in [0.5, 0.6) is 5.75 Å². The van der Waals surface area contributed by atoms with Crippen molar-refractivity contribution < 1.29 is 9.84 Å². The van der Waals surface area contributed by atoms with Crippen LogP contribution in [0.4, 0.5) is 0 Å². The molecule has 0 aliphatic heterocycles. The van der Waals surface area contributed by atoms with E-state index in [1.165, 1.54) is 0 Å². The lowest BCUT2D eigenvalue weighted by Crippen LogP contribution is -2.29. The maximum atomic E-state index is 11.7. The molecule has 0 saturated carbocycles. The minimum atomic E-state index is -1.32. The lowest BCUT2D eigenvalue weighted by molar-refractivity contribution is 0.121. The molecule has 0 radical (unpaired) electrons. The summed E-state index contributed by atoms with van der Waals surface area (Å²) in [6, 6.07) is 21.4. The van der Waals surface area contributed by atoms with Crippen LogP contribution >= 0.6 is 0 Å². The topological polar surface area (TPSA) is 58.1 Å². The molecule has 0 bridgehead atoms. The Balaban J connectivity index is 1.92. The fraction of sp³-hybridized carbons (Fsp3) is 0.0952. The van der Waals surface area contributed by atoms with Crippen LogP contribution in [0.1, 0.15) is 16.8 Å². The quantitative estimate of drug-likeness (QED) is 0.597. The summed E-state index contributed by atoms with van der Waals surface area (Å²) < 4.78 is 5.28. The summed E-state index contributed by atoms with van der Waals surface area (Å²) in [4.78, 5) is 7.26. The van der Waals surface area contributed by atoms with Crippen LogP contribution in [-0.4, -0.2) is 22.2 Å². The second-order valence-corrected chi connectivity index (χ2v) is 5.96. The standard InChI is InChI=1S/C21H18N2O2/c1-25-19-10-8-15-11-18(9-7-16(15)12-19)21(24,20-13-22-14-23-20)17-5-3-2-4-6-17/h2-14,24H,1H3,(H,22,23). The highest BCUT2D eigenvalue weighted by molar-refractivity contribution is 5.85. The van der Waals surface area contributed by atoms with E-state index < -0.39 is 5.60 Å². The molecule has 4 nitrogen and oxygen atoms in total. The second-order valence-electron chi connectivity index (χ2n) is 5.96. The Labute approximate surface area is 145 Å². The van der Waals surface area contributed by atoms with E-state index in [4.69, 9.17) is 4.74 Å². The van der Waals surface area contributed by atoms with Gasteiger partial charge in [-0.15, -0.1) is 0 Å². The number of rotatable bonds is 4. The normalized spacial score (nSPS) is 13.5.